The maximum absolute atomic E-state index is 13.1. The maximum Gasteiger partial charge on any atom is 0.337 e. The number of rotatable bonds is 8. The second-order valence-electron chi connectivity index (χ2n) is 10.0. The van der Waals surface area contributed by atoms with Gasteiger partial charge in [0.2, 0.25) is 0 Å². The molecule has 6 aromatic carbocycles. The van der Waals surface area contributed by atoms with E-state index in [0.29, 0.717) is 12.2 Å². The molecule has 3 heteroatoms. The van der Waals surface area contributed by atoms with Gasteiger partial charge in [0.05, 0.1) is 18.1 Å². The summed E-state index contributed by atoms with van der Waals surface area (Å²) in [6, 6.07) is 51.6. The van der Waals surface area contributed by atoms with Crippen molar-refractivity contribution in [1.29, 1.82) is 0 Å². The predicted octanol–water partition coefficient (Wildman–Crippen LogP) is 8.59. The Hall–Kier alpha value is -5.15. The highest BCUT2D eigenvalue weighted by Gasteiger charge is 2.40. The molecule has 41 heavy (non-hydrogen) atoms. The van der Waals surface area contributed by atoms with E-state index in [2.05, 4.69) is 78.9 Å². The molecule has 200 valence electrons. The summed E-state index contributed by atoms with van der Waals surface area (Å²) in [6.07, 6.45) is 0. The van der Waals surface area contributed by atoms with Crippen molar-refractivity contribution in [2.45, 2.75) is 12.0 Å². The number of ether oxygens (including phenoxy) is 2. The van der Waals surface area contributed by atoms with Gasteiger partial charge in [-0.1, -0.05) is 127 Å². The quantitative estimate of drug-likeness (QED) is 0.145. The fourth-order valence-corrected chi connectivity index (χ4v) is 5.76. The number of methoxy groups -OCH3 is 1. The molecule has 0 aliphatic heterocycles. The molecule has 0 N–H and O–H groups in total. The van der Waals surface area contributed by atoms with Gasteiger partial charge in [-0.3, -0.25) is 0 Å². The van der Waals surface area contributed by atoms with Crippen LogP contribution < -0.4 is 4.74 Å². The number of carbonyl (C=O) groups is 1. The van der Waals surface area contributed by atoms with Crippen LogP contribution in [0.25, 0.3) is 10.8 Å². The van der Waals surface area contributed by atoms with Crippen LogP contribution in [0.5, 0.6) is 5.75 Å². The standard InChI is InChI=1S/C38H30O3/c1-40-37(39)30-24-29-25-34(41-27-28-14-6-2-7-15-28)22-23-35(29)36(26-30)38(31-16-8-3-9-17-31,32-18-10-4-11-19-32)33-20-12-5-13-21-33/h2-26H,27H2,1H3. The number of fused-ring (bicyclic) bond motifs is 1. The third-order valence-electron chi connectivity index (χ3n) is 7.62. The monoisotopic (exact) mass is 534 g/mol. The molecule has 0 bridgehead atoms. The van der Waals surface area contributed by atoms with Crippen molar-refractivity contribution in [3.63, 3.8) is 0 Å². The molecule has 6 rings (SSSR count). The molecular formula is C38H30O3. The Labute approximate surface area is 240 Å². The highest BCUT2D eigenvalue weighted by atomic mass is 16.5. The van der Waals surface area contributed by atoms with Gasteiger partial charge in [-0.05, 0) is 62.9 Å². The third-order valence-corrected chi connectivity index (χ3v) is 7.62. The van der Waals surface area contributed by atoms with E-state index >= 15 is 0 Å². The number of carbonyl (C=O) groups excluding carboxylic acids is 1. The summed E-state index contributed by atoms with van der Waals surface area (Å²) < 4.78 is 11.4. The van der Waals surface area contributed by atoms with E-state index in [9.17, 15) is 4.79 Å². The summed E-state index contributed by atoms with van der Waals surface area (Å²) in [5.41, 5.74) is 5.17. The summed E-state index contributed by atoms with van der Waals surface area (Å²) >= 11 is 0. The van der Waals surface area contributed by atoms with Gasteiger partial charge < -0.3 is 9.47 Å². The molecule has 0 fully saturated rings. The van der Waals surface area contributed by atoms with Crippen molar-refractivity contribution in [3.05, 3.63) is 185 Å². The van der Waals surface area contributed by atoms with Crippen LogP contribution in [0.15, 0.2) is 152 Å². The number of benzene rings is 6. The van der Waals surface area contributed by atoms with Crippen molar-refractivity contribution in [3.8, 4) is 5.75 Å². The molecule has 0 saturated heterocycles. The van der Waals surface area contributed by atoms with E-state index in [0.717, 1.165) is 44.3 Å². The topological polar surface area (TPSA) is 35.5 Å². The molecular weight excluding hydrogens is 504 g/mol. The van der Waals surface area contributed by atoms with Crippen molar-refractivity contribution in [2.24, 2.45) is 0 Å². The van der Waals surface area contributed by atoms with Gasteiger partial charge in [-0.15, -0.1) is 0 Å². The zero-order valence-corrected chi connectivity index (χ0v) is 22.9. The van der Waals surface area contributed by atoms with E-state index in [1.54, 1.807) is 0 Å². The van der Waals surface area contributed by atoms with Crippen LogP contribution in [-0.4, -0.2) is 13.1 Å². The highest BCUT2D eigenvalue weighted by molar-refractivity contribution is 5.99. The SMILES string of the molecule is COC(=O)c1cc(C(c2ccccc2)(c2ccccc2)c2ccccc2)c2ccc(OCc3ccccc3)cc2c1. The predicted molar refractivity (Wildman–Crippen MR) is 164 cm³/mol. The molecule has 0 amide bonds. The van der Waals surface area contributed by atoms with Crippen LogP contribution in [0.1, 0.15) is 38.2 Å². The first-order valence-corrected chi connectivity index (χ1v) is 13.7. The Kier molecular flexibility index (Phi) is 7.34. The van der Waals surface area contributed by atoms with Gasteiger partial charge in [0.1, 0.15) is 12.4 Å². The first kappa shape index (κ1) is 26.1. The Morgan fingerprint density at radius 2 is 1.12 bits per heavy atom. The van der Waals surface area contributed by atoms with E-state index in [1.165, 1.54) is 7.11 Å². The Morgan fingerprint density at radius 3 is 1.63 bits per heavy atom. The van der Waals surface area contributed by atoms with Gasteiger partial charge >= 0.3 is 5.97 Å². The lowest BCUT2D eigenvalue weighted by Gasteiger charge is -2.38. The highest BCUT2D eigenvalue weighted by Crippen LogP contribution is 2.48. The fraction of sp³-hybridized carbons (Fsp3) is 0.0789. The summed E-state index contributed by atoms with van der Waals surface area (Å²) in [4.78, 5) is 13.1. The average Bonchev–Trinajstić information content (AvgIpc) is 3.05. The number of esters is 1. The summed E-state index contributed by atoms with van der Waals surface area (Å²) in [5, 5.41) is 1.93. The largest absolute Gasteiger partial charge is 0.489 e. The van der Waals surface area contributed by atoms with Crippen molar-refractivity contribution >= 4 is 16.7 Å². The molecule has 0 atom stereocenters. The maximum atomic E-state index is 13.1. The minimum Gasteiger partial charge on any atom is -0.489 e. The molecule has 3 nitrogen and oxygen atoms in total. The van der Waals surface area contributed by atoms with Crippen LogP contribution in [0.3, 0.4) is 0 Å². The molecule has 0 aliphatic rings. The Morgan fingerprint density at radius 1 is 0.610 bits per heavy atom. The van der Waals surface area contributed by atoms with Crippen molar-refractivity contribution < 1.29 is 14.3 Å². The molecule has 0 saturated carbocycles. The molecule has 0 aliphatic carbocycles. The lowest BCUT2D eigenvalue weighted by Crippen LogP contribution is -2.31. The van der Waals surface area contributed by atoms with Gasteiger partial charge in [-0.2, -0.15) is 0 Å². The third kappa shape index (κ3) is 4.99. The molecule has 0 spiro atoms. The first-order chi connectivity index (χ1) is 20.2. The molecule has 0 radical (unpaired) electrons. The van der Waals surface area contributed by atoms with Crippen LogP contribution >= 0.6 is 0 Å². The van der Waals surface area contributed by atoms with Crippen molar-refractivity contribution in [2.75, 3.05) is 7.11 Å². The van der Waals surface area contributed by atoms with Gasteiger partial charge in [0, 0.05) is 0 Å². The number of hydrogen-bond acceptors (Lipinski definition) is 3. The summed E-state index contributed by atoms with van der Waals surface area (Å²) in [6.45, 7) is 0.456. The van der Waals surface area contributed by atoms with E-state index < -0.39 is 5.41 Å². The Bertz CT molecular complexity index is 1670. The van der Waals surface area contributed by atoms with Crippen LogP contribution in [0.2, 0.25) is 0 Å². The minimum atomic E-state index is -0.710. The molecule has 6 aromatic rings. The smallest absolute Gasteiger partial charge is 0.337 e. The zero-order chi connectivity index (χ0) is 28.1. The van der Waals surface area contributed by atoms with Gasteiger partial charge in [0.15, 0.2) is 0 Å². The molecule has 0 aromatic heterocycles. The minimum absolute atomic E-state index is 0.383. The average molecular weight is 535 g/mol. The second-order valence-corrected chi connectivity index (χ2v) is 10.0. The van der Waals surface area contributed by atoms with Crippen molar-refractivity contribution in [1.82, 2.24) is 0 Å². The van der Waals surface area contributed by atoms with Gasteiger partial charge in [-0.25, -0.2) is 4.79 Å². The lowest BCUT2D eigenvalue weighted by molar-refractivity contribution is 0.0600. The normalized spacial score (nSPS) is 11.2. The van der Waals surface area contributed by atoms with E-state index in [1.807, 2.05) is 72.8 Å². The van der Waals surface area contributed by atoms with Crippen LogP contribution in [0.4, 0.5) is 0 Å². The zero-order valence-electron chi connectivity index (χ0n) is 22.9. The van der Waals surface area contributed by atoms with E-state index in [-0.39, 0.29) is 5.97 Å². The van der Waals surface area contributed by atoms with Gasteiger partial charge in [0.25, 0.3) is 0 Å². The fourth-order valence-electron chi connectivity index (χ4n) is 5.76. The van der Waals surface area contributed by atoms with E-state index in [4.69, 9.17) is 9.47 Å². The number of hydrogen-bond donors (Lipinski definition) is 0. The lowest BCUT2D eigenvalue weighted by atomic mass is 9.64. The Balaban J connectivity index is 1.64. The first-order valence-electron chi connectivity index (χ1n) is 13.7. The summed E-state index contributed by atoms with van der Waals surface area (Å²) in [7, 11) is 1.42. The molecule has 0 unspecified atom stereocenters. The second kappa shape index (κ2) is 11.5. The molecule has 0 heterocycles. The summed E-state index contributed by atoms with van der Waals surface area (Å²) in [5.74, 6) is 0.353. The van der Waals surface area contributed by atoms with Crippen LogP contribution in [0, 0.1) is 0 Å². The van der Waals surface area contributed by atoms with Crippen LogP contribution in [-0.2, 0) is 16.8 Å².